The van der Waals surface area contributed by atoms with Gasteiger partial charge in [-0.3, -0.25) is 24.1 Å². The number of rotatable bonds is 15. The molecule has 354 valence electrons. The lowest BCUT2D eigenvalue weighted by Gasteiger charge is -2.44. The molecule has 5 heterocycles. The van der Waals surface area contributed by atoms with Gasteiger partial charge in [-0.15, -0.1) is 0 Å². The van der Waals surface area contributed by atoms with E-state index in [2.05, 4.69) is 88.8 Å². The first-order valence-electron chi connectivity index (χ1n) is 23.1. The molecule has 4 aromatic rings. The van der Waals surface area contributed by atoms with E-state index in [0.717, 1.165) is 89.1 Å². The Labute approximate surface area is 394 Å². The van der Waals surface area contributed by atoms with E-state index in [4.69, 9.17) is 21.1 Å². The maximum atomic E-state index is 12.5. The number of aromatic nitrogens is 2. The summed E-state index contributed by atoms with van der Waals surface area (Å²) in [5.74, 6) is 1.86. The first-order chi connectivity index (χ1) is 31.8. The fraction of sp³-hybridized carbons (Fsp3) is 0.500. The quantitative estimate of drug-likeness (QED) is 0.109. The highest BCUT2D eigenvalue weighted by atomic mass is 35.5. The molecule has 0 aliphatic carbocycles. The maximum Gasteiger partial charge on any atom is 0.234 e. The third-order valence-electron chi connectivity index (χ3n) is 13.8. The van der Waals surface area contributed by atoms with E-state index in [9.17, 15) is 18.0 Å². The predicted octanol–water partition coefficient (Wildman–Crippen LogP) is 6.62. The fourth-order valence-electron chi connectivity index (χ4n) is 9.86. The molecule has 0 bridgehead atoms. The fourth-order valence-corrected chi connectivity index (χ4v) is 10.5. The number of hydrogen-bond donors (Lipinski definition) is 3. The molecule has 3 N–H and O–H groups in total. The topological polar surface area (TPSA) is 165 Å². The average Bonchev–Trinajstić information content (AvgIpc) is 3.32. The van der Waals surface area contributed by atoms with Crippen LogP contribution in [0.4, 0.5) is 40.2 Å². The molecule has 1 unspecified atom stereocenters. The summed E-state index contributed by atoms with van der Waals surface area (Å²) >= 11 is 6.57. The molecule has 4 aliphatic rings. The van der Waals surface area contributed by atoms with Crippen LogP contribution in [0.3, 0.4) is 0 Å². The standard InChI is InChI=1S/C48H63ClN10O6S/c1-6-33-27-41(52-48-50-30-39(49)46(54-48)51-40-13-11-37(64-3)28-43(40)55(2)66(5,62)63)44(65-4)29-42(33)59-21-17-36(18-22-59)58-25-23-56(24-26-58)31-32-15-19-57(20-16-32)35-9-7-34(8-10-35)38-12-14-45(60)53-47(38)61/h7-11,13,27-30,32,36,38H,6,12,14-26,31H2,1-5H3,(H,53,60,61)(H2,50,51,52,54). The van der Waals surface area contributed by atoms with Crippen molar-refractivity contribution in [2.24, 2.45) is 5.92 Å². The molecule has 4 saturated heterocycles. The van der Waals surface area contributed by atoms with Crippen LogP contribution in [0, 0.1) is 5.92 Å². The SMILES string of the molecule is CCc1cc(Nc2ncc(Cl)c(Nc3ccc(OC)cc3N(C)S(C)(=O)=O)n2)c(OC)cc1N1CCC(N2CCN(CC3CCN(c4ccc(C5CCC(=O)NC5=O)cc4)CC3)CC2)CC1. The van der Waals surface area contributed by atoms with Gasteiger partial charge in [0.2, 0.25) is 27.8 Å². The Morgan fingerprint density at radius 2 is 1.56 bits per heavy atom. The molecule has 0 radical (unpaired) electrons. The number of imide groups is 1. The lowest BCUT2D eigenvalue weighted by atomic mass is 9.90. The normalized spacial score (nSPS) is 19.4. The molecule has 0 spiro atoms. The number of nitrogens with zero attached hydrogens (tertiary/aromatic N) is 7. The number of amides is 2. The number of piperazine rings is 1. The second kappa shape index (κ2) is 20.7. The van der Waals surface area contributed by atoms with Gasteiger partial charge in [0.25, 0.3) is 0 Å². The summed E-state index contributed by atoms with van der Waals surface area (Å²) in [5.41, 5.74) is 6.13. The lowest BCUT2D eigenvalue weighted by Crippen LogP contribution is -2.54. The molecule has 1 atom stereocenters. The number of benzene rings is 3. The molecule has 66 heavy (non-hydrogen) atoms. The van der Waals surface area contributed by atoms with E-state index < -0.39 is 10.0 Å². The highest BCUT2D eigenvalue weighted by Crippen LogP contribution is 2.39. The number of sulfonamides is 1. The van der Waals surface area contributed by atoms with Crippen molar-refractivity contribution in [3.63, 3.8) is 0 Å². The molecule has 1 aromatic heterocycles. The van der Waals surface area contributed by atoms with Crippen LogP contribution in [0.2, 0.25) is 5.02 Å². The van der Waals surface area contributed by atoms with Gasteiger partial charge in [-0.2, -0.15) is 4.98 Å². The van der Waals surface area contributed by atoms with Crippen LogP contribution in [0.15, 0.2) is 60.8 Å². The van der Waals surface area contributed by atoms with Crippen molar-refractivity contribution in [3.8, 4) is 11.5 Å². The Hall–Kier alpha value is -5.36. The van der Waals surface area contributed by atoms with E-state index in [1.165, 1.54) is 61.0 Å². The summed E-state index contributed by atoms with van der Waals surface area (Å²) in [6, 6.07) is 18.3. The van der Waals surface area contributed by atoms with Gasteiger partial charge in [0.1, 0.15) is 16.5 Å². The van der Waals surface area contributed by atoms with Gasteiger partial charge in [-0.25, -0.2) is 13.4 Å². The molecule has 2 amide bonds. The summed E-state index contributed by atoms with van der Waals surface area (Å²) in [5, 5.41) is 9.27. The minimum absolute atomic E-state index is 0.177. The summed E-state index contributed by atoms with van der Waals surface area (Å²) in [6.45, 7) is 11.8. The van der Waals surface area contributed by atoms with Crippen LogP contribution < -0.4 is 39.5 Å². The van der Waals surface area contributed by atoms with Crippen molar-refractivity contribution < 1.29 is 27.5 Å². The zero-order chi connectivity index (χ0) is 46.5. The minimum atomic E-state index is -3.58. The van der Waals surface area contributed by atoms with Crippen molar-refractivity contribution in [2.75, 3.05) is 111 Å². The molecular formula is C48H63ClN10O6S. The lowest BCUT2D eigenvalue weighted by molar-refractivity contribution is -0.134. The van der Waals surface area contributed by atoms with Crippen molar-refractivity contribution >= 4 is 73.6 Å². The highest BCUT2D eigenvalue weighted by Gasteiger charge is 2.31. The Bertz CT molecular complexity index is 2470. The highest BCUT2D eigenvalue weighted by molar-refractivity contribution is 7.92. The van der Waals surface area contributed by atoms with Crippen molar-refractivity contribution in [1.82, 2.24) is 25.1 Å². The molecule has 8 rings (SSSR count). The van der Waals surface area contributed by atoms with Crippen LogP contribution in [-0.4, -0.2) is 132 Å². The second-order valence-electron chi connectivity index (χ2n) is 17.9. The van der Waals surface area contributed by atoms with Crippen LogP contribution in [0.1, 0.15) is 62.5 Å². The minimum Gasteiger partial charge on any atom is -0.497 e. The van der Waals surface area contributed by atoms with Gasteiger partial charge in [0.05, 0.1) is 49.7 Å². The van der Waals surface area contributed by atoms with E-state index >= 15 is 0 Å². The Balaban J connectivity index is 0.819. The van der Waals surface area contributed by atoms with Gasteiger partial charge in [0.15, 0.2) is 5.82 Å². The van der Waals surface area contributed by atoms with Gasteiger partial charge >= 0.3 is 0 Å². The first-order valence-corrected chi connectivity index (χ1v) is 25.3. The molecule has 0 saturated carbocycles. The monoisotopic (exact) mass is 942 g/mol. The third-order valence-corrected chi connectivity index (χ3v) is 15.3. The number of hydrogen-bond acceptors (Lipinski definition) is 14. The number of anilines is 7. The molecule has 3 aromatic carbocycles. The van der Waals surface area contributed by atoms with Gasteiger partial charge in [-0.05, 0) is 85.9 Å². The smallest absolute Gasteiger partial charge is 0.234 e. The van der Waals surface area contributed by atoms with Crippen LogP contribution in [0.5, 0.6) is 11.5 Å². The van der Waals surface area contributed by atoms with Gasteiger partial charge in [0, 0.05) is 102 Å². The van der Waals surface area contributed by atoms with Crippen molar-refractivity contribution in [1.29, 1.82) is 0 Å². The summed E-state index contributed by atoms with van der Waals surface area (Å²) < 4.78 is 37.4. The maximum absolute atomic E-state index is 12.5. The first kappa shape index (κ1) is 47.1. The van der Waals surface area contributed by atoms with Crippen LogP contribution in [-0.2, 0) is 26.0 Å². The molecular weight excluding hydrogens is 880 g/mol. The van der Waals surface area contributed by atoms with E-state index in [-0.39, 0.29) is 22.8 Å². The van der Waals surface area contributed by atoms with E-state index in [1.54, 1.807) is 25.3 Å². The summed E-state index contributed by atoms with van der Waals surface area (Å²) in [6.07, 6.45) is 9.03. The number of piperidine rings is 3. The predicted molar refractivity (Wildman–Crippen MR) is 262 cm³/mol. The largest absolute Gasteiger partial charge is 0.497 e. The zero-order valence-electron chi connectivity index (χ0n) is 38.7. The third kappa shape index (κ3) is 10.9. The number of methoxy groups -OCH3 is 2. The zero-order valence-corrected chi connectivity index (χ0v) is 40.3. The Morgan fingerprint density at radius 3 is 2.21 bits per heavy atom. The molecule has 18 heteroatoms. The Morgan fingerprint density at radius 1 is 0.848 bits per heavy atom. The van der Waals surface area contributed by atoms with Crippen molar-refractivity contribution in [2.45, 2.75) is 63.8 Å². The molecule has 16 nitrogen and oxygen atoms in total. The summed E-state index contributed by atoms with van der Waals surface area (Å²) in [4.78, 5) is 43.4. The van der Waals surface area contributed by atoms with Crippen LogP contribution in [0.25, 0.3) is 0 Å². The number of aryl methyl sites for hydroxylation is 1. The van der Waals surface area contributed by atoms with Crippen molar-refractivity contribution in [3.05, 3.63) is 76.9 Å². The van der Waals surface area contributed by atoms with E-state index in [0.29, 0.717) is 59.4 Å². The molecule has 4 aliphatic heterocycles. The number of carbonyl (C=O) groups is 2. The average molecular weight is 944 g/mol. The summed E-state index contributed by atoms with van der Waals surface area (Å²) in [7, 11) is 1.08. The van der Waals surface area contributed by atoms with Gasteiger partial charge < -0.3 is 34.8 Å². The van der Waals surface area contributed by atoms with Crippen LogP contribution >= 0.6 is 11.6 Å². The number of halogens is 1. The number of ether oxygens (including phenoxy) is 2. The van der Waals surface area contributed by atoms with Gasteiger partial charge in [-0.1, -0.05) is 30.7 Å². The Kier molecular flexibility index (Phi) is 14.8. The van der Waals surface area contributed by atoms with E-state index in [1.807, 2.05) is 0 Å². The second-order valence-corrected chi connectivity index (χ2v) is 20.3. The number of nitrogens with one attached hydrogen (secondary N) is 3. The number of carbonyl (C=O) groups excluding carboxylic acids is 2. The molecule has 4 fully saturated rings.